The molecule has 2 aromatic rings. The number of aliphatic hydroxyl groups is 1. The van der Waals surface area contributed by atoms with Crippen molar-refractivity contribution < 1.29 is 442 Å². The molecule has 0 unspecified atom stereocenters. The van der Waals surface area contributed by atoms with Gasteiger partial charge >= 0.3 is 329 Å². The van der Waals surface area contributed by atoms with E-state index in [4.69, 9.17) is 90.8 Å². The number of hydrogen-bond donors (Lipinski definition) is 14. The molecule has 2 aromatic carbocycles. The molecule has 2 rings (SSSR count). The van der Waals surface area contributed by atoms with Crippen LogP contribution in [-0.2, 0) is 43.2 Å². The third-order valence-corrected chi connectivity index (χ3v) is 6.08. The number of carboxylic acids is 13. The summed E-state index contributed by atoms with van der Waals surface area (Å²) in [6, 6.07) is 10.6. The van der Waals surface area contributed by atoms with E-state index in [1.807, 2.05) is 0 Å². The number of aromatic carboxylic acids is 4. The number of unbranched alkanes of at least 4 members (excludes halogenated alkanes) is 2. The van der Waals surface area contributed by atoms with Gasteiger partial charge in [-0.25, -0.2) is 14.4 Å². The molecule has 34 nitrogen and oxygen atoms in total. The minimum atomic E-state index is -2.74. The number of halogens is 1. The van der Waals surface area contributed by atoms with Crippen LogP contribution in [0.1, 0.15) is 119 Å². The summed E-state index contributed by atoms with van der Waals surface area (Å²) in [7, 11) is -4.58. The van der Waals surface area contributed by atoms with Gasteiger partial charge in [0, 0.05) is 48.8 Å². The summed E-state index contributed by atoms with van der Waals surface area (Å²) in [5.74, 6) is -16.5. The van der Waals surface area contributed by atoms with Crippen LogP contribution < -0.4 is 303 Å². The molecule has 0 bridgehead atoms. The normalized spacial score (nSPS) is 7.96. The predicted octanol–water partition coefficient (Wildman–Crippen LogP) is -29.6. The maximum atomic E-state index is 10.4. The predicted molar refractivity (Wildman–Crippen MR) is 231 cm³/mol. The van der Waals surface area contributed by atoms with E-state index in [0.717, 1.165) is 13.8 Å². The molecule has 0 aliphatic heterocycles. The molecule has 0 radical (unpaired) electrons. The Morgan fingerprint density at radius 2 is 0.634 bits per heavy atom. The number of carbonyl (C=O) groups excluding carboxylic acids is 5. The first kappa shape index (κ1) is 124. The second-order valence-corrected chi connectivity index (χ2v) is 12.4. The van der Waals surface area contributed by atoms with E-state index in [1.54, 1.807) is 0 Å². The maximum absolute atomic E-state index is 10.4. The fourth-order valence-electron chi connectivity index (χ4n) is 3.50. The summed E-state index contributed by atoms with van der Waals surface area (Å²) in [4.78, 5) is 129. The molecular weight excluding hydrogens is 1270 g/mol. The van der Waals surface area contributed by atoms with Gasteiger partial charge < -0.3 is 131 Å². The van der Waals surface area contributed by atoms with Crippen LogP contribution in [-0.4, -0.2) is 174 Å². The SMILES string of the molecule is CC(=O)O.CC(=O)[O-].Cl.O=C(O)CC(O)(CC(=O)O)C(=O)O.O=C(O)CCCCC(=O)O.O=C([O-])CCCCC(=O)[O-].O=C([O-])c1ccccc1C(=O)O.O=C([O-])c1ccccc1C(=O)O.OB(O)O.[K+].[K+].[K+].[Na+].[Na+].[Na+].[Na+].[O-]B(O)O.[OH-]. The maximum Gasteiger partial charge on any atom is 1.00 e. The van der Waals surface area contributed by atoms with Crippen molar-refractivity contribution in [2.45, 2.75) is 83.7 Å². The molecule has 0 amide bonds. The van der Waals surface area contributed by atoms with Crippen LogP contribution >= 0.6 is 12.4 Å². The summed E-state index contributed by atoms with van der Waals surface area (Å²) < 4.78 is 0. The second kappa shape index (κ2) is 79.6. The van der Waals surface area contributed by atoms with Crippen molar-refractivity contribution >= 4 is 105 Å². The molecule has 0 aliphatic carbocycles. The van der Waals surface area contributed by atoms with Gasteiger partial charge in [-0.15, -0.1) is 12.4 Å². The fourth-order valence-corrected chi connectivity index (χ4v) is 3.50. The smallest absolute Gasteiger partial charge is 0.870 e. The number of benzene rings is 2. The van der Waals surface area contributed by atoms with Gasteiger partial charge in [-0.2, -0.15) is 0 Å². The molecule has 0 atom stereocenters. The molecule has 82 heavy (non-hydrogen) atoms. The Balaban J connectivity index is -0.0000000434. The Morgan fingerprint density at radius 1 is 0.451 bits per heavy atom. The quantitative estimate of drug-likeness (QED) is 0.0459. The van der Waals surface area contributed by atoms with E-state index in [-0.39, 0.29) is 338 Å². The number of carboxylic acid groups (broad SMARTS) is 13. The molecule has 0 saturated carbocycles. The van der Waals surface area contributed by atoms with Gasteiger partial charge in [0.2, 0.25) is 0 Å². The number of carbonyl (C=O) groups is 13. The summed E-state index contributed by atoms with van der Waals surface area (Å²) >= 11 is 0. The first-order chi connectivity index (χ1) is 33.2. The van der Waals surface area contributed by atoms with Gasteiger partial charge in [-0.1, -0.05) is 36.4 Å². The van der Waals surface area contributed by atoms with E-state index in [1.165, 1.54) is 48.5 Å². The monoisotopic (exact) mass is 1320 g/mol. The molecule has 0 aliphatic rings. The second-order valence-electron chi connectivity index (χ2n) is 12.4. The summed E-state index contributed by atoms with van der Waals surface area (Å²) in [5.41, 5.74) is -3.84. The van der Waals surface area contributed by atoms with E-state index in [2.05, 4.69) is 0 Å². The Hall–Kier alpha value is 0.559. The van der Waals surface area contributed by atoms with Crippen molar-refractivity contribution in [3.8, 4) is 0 Å². The molecule has 0 fully saturated rings. The molecule has 0 aromatic heterocycles. The minimum Gasteiger partial charge on any atom is -0.870 e. The topological polar surface area (TPSA) is 673 Å². The van der Waals surface area contributed by atoms with E-state index < -0.39 is 111 Å². The van der Waals surface area contributed by atoms with Gasteiger partial charge in [0.1, 0.15) is 0 Å². The van der Waals surface area contributed by atoms with Crippen molar-refractivity contribution in [2.75, 3.05) is 0 Å². The van der Waals surface area contributed by atoms with Crippen LogP contribution in [0.3, 0.4) is 0 Å². The van der Waals surface area contributed by atoms with Crippen molar-refractivity contribution in [3.63, 3.8) is 0 Å². The van der Waals surface area contributed by atoms with E-state index >= 15 is 0 Å². The van der Waals surface area contributed by atoms with Crippen LogP contribution in [0.15, 0.2) is 48.5 Å². The van der Waals surface area contributed by atoms with Gasteiger partial charge in [-0.3, -0.25) is 24.0 Å². The van der Waals surface area contributed by atoms with Crippen molar-refractivity contribution in [2.24, 2.45) is 0 Å². The van der Waals surface area contributed by atoms with Crippen molar-refractivity contribution in [3.05, 3.63) is 70.8 Å². The van der Waals surface area contributed by atoms with Crippen LogP contribution in [0.5, 0.6) is 0 Å². The number of rotatable bonds is 19. The summed E-state index contributed by atoms with van der Waals surface area (Å²) in [5, 5.41) is 168. The third-order valence-electron chi connectivity index (χ3n) is 6.08. The van der Waals surface area contributed by atoms with E-state index in [9.17, 15) is 73.2 Å². The average molecular weight is 1320 g/mol. The molecular formula is C38H50B2ClK3Na4O34. The Morgan fingerprint density at radius 3 is 0.756 bits per heavy atom. The van der Waals surface area contributed by atoms with Crippen LogP contribution in [0.25, 0.3) is 0 Å². The molecule has 426 valence electrons. The third kappa shape index (κ3) is 108. The van der Waals surface area contributed by atoms with E-state index in [0.29, 0.717) is 25.7 Å². The average Bonchev–Trinajstić information content (AvgIpc) is 3.20. The zero-order valence-electron chi connectivity index (χ0n) is 45.7. The summed E-state index contributed by atoms with van der Waals surface area (Å²) in [6.07, 6.45) is -0.736. The molecule has 15 N–H and O–H groups in total. The zero-order chi connectivity index (χ0) is 59.2. The molecule has 0 spiro atoms. The molecule has 0 heterocycles. The minimum absolute atomic E-state index is 0. The largest absolute Gasteiger partial charge is 1.00 e. The van der Waals surface area contributed by atoms with Gasteiger partial charge in [0.15, 0.2) is 5.60 Å². The van der Waals surface area contributed by atoms with Crippen molar-refractivity contribution in [1.29, 1.82) is 0 Å². The van der Waals surface area contributed by atoms with Crippen LogP contribution in [0, 0.1) is 0 Å². The Kier molecular flexibility index (Phi) is 120. The standard InChI is InChI=1S/2C8H6O4.C6H8O7.2C6H10O4.2C2H4O2.BH3O3.BH2O3.ClH.3K.4Na.H2O/c2*9-7(10)5-3-1-2-4-6(5)8(11)12;7-3(8)1-6(13,5(11)12)2-4(9)10;2*7-5(8)3-1-2-4-6(9)10;2*1-2(3)4;2*2-1(3)4;;;;;;;;;/h2*1-4H,(H,9,10)(H,11,12);13H,1-2H2,(H,7,8)(H,9,10)(H,11,12);2*1-4H2,(H,7,8)(H,9,10);2*1H3,(H,3,4);2-4H;2-3H;1H;;;;;;;;1H2/q;;;;;;;;-1;;7*+1;/p-6. The zero-order valence-corrected chi connectivity index (χ0v) is 63.9. The van der Waals surface area contributed by atoms with Gasteiger partial charge in [0.05, 0.1) is 35.9 Å². The molecule has 44 heteroatoms. The Labute approximate surface area is 688 Å². The Bertz CT molecular complexity index is 1860. The van der Waals surface area contributed by atoms with Gasteiger partial charge in [0.25, 0.3) is 5.97 Å². The van der Waals surface area contributed by atoms with Gasteiger partial charge in [-0.05, 0) is 57.6 Å². The number of hydrogen-bond acceptors (Lipinski definition) is 26. The fraction of sp³-hybridized carbons (Fsp3) is 0.342. The number of aliphatic carboxylic acids is 9. The first-order valence-corrected chi connectivity index (χ1v) is 18.9. The first-order valence-electron chi connectivity index (χ1n) is 18.9. The van der Waals surface area contributed by atoms with Crippen LogP contribution in [0.4, 0.5) is 0 Å². The van der Waals surface area contributed by atoms with Crippen LogP contribution in [0.2, 0.25) is 0 Å². The summed E-state index contributed by atoms with van der Waals surface area (Å²) in [6.45, 7) is 2.06. The van der Waals surface area contributed by atoms with Crippen molar-refractivity contribution in [1.82, 2.24) is 0 Å². The molecule has 0 saturated heterocycles.